The lowest BCUT2D eigenvalue weighted by atomic mass is 10.1. The van der Waals surface area contributed by atoms with Gasteiger partial charge in [-0.1, -0.05) is 0 Å². The maximum Gasteiger partial charge on any atom is 0.278 e. The van der Waals surface area contributed by atoms with E-state index >= 15 is 0 Å². The first-order chi connectivity index (χ1) is 11.0. The molecule has 2 rings (SSSR count). The molecule has 23 heavy (non-hydrogen) atoms. The first-order valence-corrected chi connectivity index (χ1v) is 7.94. The zero-order chi connectivity index (χ0) is 16.8. The van der Waals surface area contributed by atoms with Gasteiger partial charge in [0.1, 0.15) is 4.60 Å². The molecule has 0 aromatic carbocycles. The van der Waals surface area contributed by atoms with Crippen molar-refractivity contribution in [1.82, 2.24) is 19.9 Å². The molecule has 7 nitrogen and oxygen atoms in total. The number of nitrogens with one attached hydrogen (secondary N) is 1. The van der Waals surface area contributed by atoms with Gasteiger partial charge in [0.25, 0.3) is 5.91 Å². The van der Waals surface area contributed by atoms with Crippen LogP contribution in [0, 0.1) is 0 Å². The first-order valence-electron chi connectivity index (χ1n) is 7.15. The number of aryl methyl sites for hydroxylation is 1. The Balaban J connectivity index is 2.13. The van der Waals surface area contributed by atoms with E-state index in [-0.39, 0.29) is 11.5 Å². The van der Waals surface area contributed by atoms with E-state index in [0.29, 0.717) is 10.3 Å². The molecular formula is C15H19BrN6O. The molecule has 0 bridgehead atoms. The zero-order valence-electron chi connectivity index (χ0n) is 13.1. The summed E-state index contributed by atoms with van der Waals surface area (Å²) in [6, 6.07) is 3.60. The molecule has 2 heterocycles. The number of anilines is 2. The molecule has 0 spiro atoms. The number of pyridine rings is 1. The van der Waals surface area contributed by atoms with Crippen molar-refractivity contribution < 1.29 is 4.79 Å². The molecule has 0 unspecified atom stereocenters. The highest BCUT2D eigenvalue weighted by atomic mass is 79.9. The standard InChI is InChI=1S/C15H19BrN6O/c1-22(2)8-4-6-10-11(5-3-7-18-10)20-15(23)13-14(17)19-9-12(16)21-13/h3,5,7,9H,4,6,8H2,1-2H3,(H2,17,19)(H,20,23). The minimum Gasteiger partial charge on any atom is -0.382 e. The van der Waals surface area contributed by atoms with Crippen LogP contribution in [-0.4, -0.2) is 46.4 Å². The van der Waals surface area contributed by atoms with Gasteiger partial charge in [-0.2, -0.15) is 0 Å². The summed E-state index contributed by atoms with van der Waals surface area (Å²) in [4.78, 5) is 26.8. The number of nitrogen functional groups attached to an aromatic ring is 1. The van der Waals surface area contributed by atoms with Gasteiger partial charge in [-0.05, 0) is 61.5 Å². The lowest BCUT2D eigenvalue weighted by molar-refractivity contribution is 0.102. The maximum atomic E-state index is 12.4. The monoisotopic (exact) mass is 378 g/mol. The Morgan fingerprint density at radius 3 is 2.91 bits per heavy atom. The molecule has 0 atom stereocenters. The SMILES string of the molecule is CN(C)CCCc1ncccc1NC(=O)c1nc(Br)cnc1N. The summed E-state index contributed by atoms with van der Waals surface area (Å²) in [6.07, 6.45) is 4.89. The highest BCUT2D eigenvalue weighted by Crippen LogP contribution is 2.17. The van der Waals surface area contributed by atoms with Crippen molar-refractivity contribution in [3.05, 3.63) is 40.5 Å². The van der Waals surface area contributed by atoms with Gasteiger partial charge in [0.2, 0.25) is 0 Å². The molecule has 1 amide bonds. The molecule has 0 fully saturated rings. The van der Waals surface area contributed by atoms with Crippen molar-refractivity contribution in [2.75, 3.05) is 31.7 Å². The van der Waals surface area contributed by atoms with Gasteiger partial charge in [-0.15, -0.1) is 0 Å². The summed E-state index contributed by atoms with van der Waals surface area (Å²) in [5.74, 6) is -0.318. The van der Waals surface area contributed by atoms with Crippen molar-refractivity contribution in [2.45, 2.75) is 12.8 Å². The van der Waals surface area contributed by atoms with E-state index in [4.69, 9.17) is 5.73 Å². The van der Waals surface area contributed by atoms with Crippen LogP contribution in [0.15, 0.2) is 29.1 Å². The van der Waals surface area contributed by atoms with E-state index in [9.17, 15) is 4.79 Å². The predicted octanol–water partition coefficient (Wildman–Crippen LogP) is 1.96. The lowest BCUT2D eigenvalue weighted by Crippen LogP contribution is -2.19. The Bertz CT molecular complexity index is 691. The molecular weight excluding hydrogens is 360 g/mol. The molecule has 0 saturated heterocycles. The summed E-state index contributed by atoms with van der Waals surface area (Å²) in [7, 11) is 4.05. The average Bonchev–Trinajstić information content (AvgIpc) is 2.51. The van der Waals surface area contributed by atoms with E-state index in [1.165, 1.54) is 6.20 Å². The smallest absolute Gasteiger partial charge is 0.278 e. The molecule has 2 aromatic rings. The topological polar surface area (TPSA) is 97.0 Å². The molecule has 8 heteroatoms. The number of hydrogen-bond acceptors (Lipinski definition) is 6. The number of nitrogens with two attached hydrogens (primary N) is 1. The quantitative estimate of drug-likeness (QED) is 0.797. The number of aromatic nitrogens is 3. The van der Waals surface area contributed by atoms with E-state index in [1.807, 2.05) is 20.2 Å². The summed E-state index contributed by atoms with van der Waals surface area (Å²) < 4.78 is 0.453. The van der Waals surface area contributed by atoms with Crippen molar-refractivity contribution in [3.63, 3.8) is 0 Å². The first kappa shape index (κ1) is 17.3. The minimum atomic E-state index is -0.404. The second-order valence-corrected chi connectivity index (χ2v) is 6.10. The number of rotatable bonds is 6. The second-order valence-electron chi connectivity index (χ2n) is 5.29. The highest BCUT2D eigenvalue weighted by Gasteiger charge is 2.15. The van der Waals surface area contributed by atoms with E-state index in [2.05, 4.69) is 41.1 Å². The van der Waals surface area contributed by atoms with Gasteiger partial charge < -0.3 is 16.0 Å². The predicted molar refractivity (Wildman–Crippen MR) is 93.2 cm³/mol. The van der Waals surface area contributed by atoms with Crippen molar-refractivity contribution in [3.8, 4) is 0 Å². The van der Waals surface area contributed by atoms with E-state index < -0.39 is 5.91 Å². The summed E-state index contributed by atoms with van der Waals surface area (Å²) in [5.41, 5.74) is 7.31. The number of hydrogen-bond donors (Lipinski definition) is 2. The Kier molecular flexibility index (Phi) is 6.00. The van der Waals surface area contributed by atoms with E-state index in [0.717, 1.165) is 25.1 Å². The Morgan fingerprint density at radius 1 is 1.39 bits per heavy atom. The Morgan fingerprint density at radius 2 is 2.17 bits per heavy atom. The van der Waals surface area contributed by atoms with Crippen LogP contribution in [0.1, 0.15) is 22.6 Å². The summed E-state index contributed by atoms with van der Waals surface area (Å²) >= 11 is 3.19. The van der Waals surface area contributed by atoms with Crippen LogP contribution in [0.3, 0.4) is 0 Å². The fraction of sp³-hybridized carbons (Fsp3) is 0.333. The van der Waals surface area contributed by atoms with Gasteiger partial charge in [-0.25, -0.2) is 9.97 Å². The van der Waals surface area contributed by atoms with Crippen LogP contribution < -0.4 is 11.1 Å². The van der Waals surface area contributed by atoms with Crippen molar-refractivity contribution in [1.29, 1.82) is 0 Å². The van der Waals surface area contributed by atoms with Crippen LogP contribution in [0.25, 0.3) is 0 Å². The van der Waals surface area contributed by atoms with Crippen molar-refractivity contribution >= 4 is 33.3 Å². The molecule has 0 radical (unpaired) electrons. The number of nitrogens with zero attached hydrogens (tertiary/aromatic N) is 4. The molecule has 2 aromatic heterocycles. The largest absolute Gasteiger partial charge is 0.382 e. The van der Waals surface area contributed by atoms with Gasteiger partial charge >= 0.3 is 0 Å². The lowest BCUT2D eigenvalue weighted by Gasteiger charge is -2.12. The fourth-order valence-electron chi connectivity index (χ4n) is 2.04. The van der Waals surface area contributed by atoms with Crippen LogP contribution in [0.5, 0.6) is 0 Å². The Labute approximate surface area is 143 Å². The van der Waals surface area contributed by atoms with Crippen LogP contribution in [0.4, 0.5) is 11.5 Å². The average molecular weight is 379 g/mol. The molecule has 0 aliphatic carbocycles. The van der Waals surface area contributed by atoms with Crippen LogP contribution in [0.2, 0.25) is 0 Å². The Hall–Kier alpha value is -2.06. The second kappa shape index (κ2) is 7.98. The van der Waals surface area contributed by atoms with Gasteiger partial charge in [-0.3, -0.25) is 9.78 Å². The number of halogens is 1. The van der Waals surface area contributed by atoms with Crippen LogP contribution >= 0.6 is 15.9 Å². The fourth-order valence-corrected chi connectivity index (χ4v) is 2.32. The third-order valence-corrected chi connectivity index (χ3v) is 3.53. The molecule has 0 aliphatic rings. The summed E-state index contributed by atoms with van der Waals surface area (Å²) in [5, 5.41) is 2.81. The maximum absolute atomic E-state index is 12.4. The van der Waals surface area contributed by atoms with Crippen molar-refractivity contribution in [2.24, 2.45) is 0 Å². The number of carbonyl (C=O) groups excluding carboxylic acids is 1. The molecule has 122 valence electrons. The molecule has 0 saturated carbocycles. The van der Waals surface area contributed by atoms with Crippen LogP contribution in [-0.2, 0) is 6.42 Å². The third kappa shape index (κ3) is 4.97. The third-order valence-electron chi connectivity index (χ3n) is 3.14. The zero-order valence-corrected chi connectivity index (χ0v) is 14.7. The van der Waals surface area contributed by atoms with E-state index in [1.54, 1.807) is 12.3 Å². The molecule has 0 aliphatic heterocycles. The van der Waals surface area contributed by atoms with Gasteiger partial charge in [0.15, 0.2) is 11.5 Å². The number of amides is 1. The number of carbonyl (C=O) groups is 1. The van der Waals surface area contributed by atoms with Gasteiger partial charge in [0.05, 0.1) is 17.6 Å². The van der Waals surface area contributed by atoms with Gasteiger partial charge in [0, 0.05) is 6.20 Å². The normalized spacial score (nSPS) is 10.8. The highest BCUT2D eigenvalue weighted by molar-refractivity contribution is 9.10. The molecule has 3 N–H and O–H groups in total. The summed E-state index contributed by atoms with van der Waals surface area (Å²) in [6.45, 7) is 0.952. The minimum absolute atomic E-state index is 0.0856.